The van der Waals surface area contributed by atoms with Gasteiger partial charge in [-0.2, -0.15) is 0 Å². The van der Waals surface area contributed by atoms with Gasteiger partial charge < -0.3 is 10.6 Å². The fraction of sp³-hybridized carbons (Fsp3) is 0.333. The first-order chi connectivity index (χ1) is 8.69. The molecule has 0 aliphatic rings. The maximum absolute atomic E-state index is 11.3. The number of anilines is 1. The van der Waals surface area contributed by atoms with Crippen LogP contribution in [0.4, 0.5) is 5.13 Å². The van der Waals surface area contributed by atoms with Gasteiger partial charge in [-0.3, -0.25) is 4.79 Å². The van der Waals surface area contributed by atoms with Crippen molar-refractivity contribution in [2.75, 3.05) is 18.4 Å². The number of carbonyl (C=O) groups is 1. The molecule has 1 amide bonds. The van der Waals surface area contributed by atoms with E-state index in [1.54, 1.807) is 11.3 Å². The second-order valence-electron chi connectivity index (χ2n) is 3.76. The fourth-order valence-electron chi connectivity index (χ4n) is 1.54. The van der Waals surface area contributed by atoms with Gasteiger partial charge in [0.2, 0.25) is 5.91 Å². The third-order valence-corrected chi connectivity index (χ3v) is 3.58. The third-order valence-electron chi connectivity index (χ3n) is 2.35. The summed E-state index contributed by atoms with van der Waals surface area (Å²) in [5.41, 5.74) is 0.882. The number of halogens is 1. The zero-order chi connectivity index (χ0) is 13.0. The monoisotopic (exact) mass is 283 g/mol. The van der Waals surface area contributed by atoms with Crippen LogP contribution >= 0.6 is 22.9 Å². The van der Waals surface area contributed by atoms with Crippen molar-refractivity contribution in [3.63, 3.8) is 0 Å². The van der Waals surface area contributed by atoms with E-state index in [-0.39, 0.29) is 5.91 Å². The van der Waals surface area contributed by atoms with E-state index in [1.807, 2.05) is 25.1 Å². The van der Waals surface area contributed by atoms with Crippen molar-refractivity contribution < 1.29 is 4.79 Å². The van der Waals surface area contributed by atoms with Gasteiger partial charge in [0.25, 0.3) is 0 Å². The highest BCUT2D eigenvalue weighted by atomic mass is 35.5. The van der Waals surface area contributed by atoms with Gasteiger partial charge in [0.05, 0.1) is 10.2 Å². The fourth-order valence-corrected chi connectivity index (χ4v) is 2.58. The van der Waals surface area contributed by atoms with Gasteiger partial charge in [0.1, 0.15) is 0 Å². The van der Waals surface area contributed by atoms with Crippen molar-refractivity contribution >= 4 is 44.2 Å². The van der Waals surface area contributed by atoms with Crippen molar-refractivity contribution in [2.45, 2.75) is 13.3 Å². The van der Waals surface area contributed by atoms with Crippen LogP contribution in [0.1, 0.15) is 13.3 Å². The highest BCUT2D eigenvalue weighted by Crippen LogP contribution is 2.27. The molecule has 0 unspecified atom stereocenters. The molecule has 0 saturated heterocycles. The van der Waals surface area contributed by atoms with E-state index in [1.165, 1.54) is 0 Å². The number of rotatable bonds is 5. The number of hydrogen-bond acceptors (Lipinski definition) is 4. The number of fused-ring (bicyclic) bond motifs is 1. The second kappa shape index (κ2) is 6.02. The van der Waals surface area contributed by atoms with Crippen molar-refractivity contribution in [1.29, 1.82) is 0 Å². The molecule has 2 rings (SSSR count). The highest BCUT2D eigenvalue weighted by molar-refractivity contribution is 7.22. The van der Waals surface area contributed by atoms with E-state index in [0.29, 0.717) is 24.5 Å². The molecule has 0 saturated carbocycles. The van der Waals surface area contributed by atoms with Gasteiger partial charge in [-0.25, -0.2) is 4.98 Å². The summed E-state index contributed by atoms with van der Waals surface area (Å²) >= 11 is 7.46. The molecule has 0 fully saturated rings. The van der Waals surface area contributed by atoms with Crippen LogP contribution in [0.5, 0.6) is 0 Å². The SMILES string of the molecule is CCNC(=O)CCNc1nc2cc(Cl)ccc2s1. The summed E-state index contributed by atoms with van der Waals surface area (Å²) in [5, 5.41) is 7.40. The van der Waals surface area contributed by atoms with E-state index < -0.39 is 0 Å². The van der Waals surface area contributed by atoms with E-state index >= 15 is 0 Å². The average Bonchev–Trinajstić information content (AvgIpc) is 2.71. The van der Waals surface area contributed by atoms with Gasteiger partial charge in [0, 0.05) is 24.5 Å². The highest BCUT2D eigenvalue weighted by Gasteiger charge is 2.04. The lowest BCUT2D eigenvalue weighted by atomic mass is 10.3. The lowest BCUT2D eigenvalue weighted by molar-refractivity contribution is -0.120. The standard InChI is InChI=1S/C12H14ClN3OS/c1-2-14-11(17)5-6-15-12-16-9-7-8(13)3-4-10(9)18-12/h3-4,7H,2,5-6H2,1H3,(H,14,17)(H,15,16). The minimum absolute atomic E-state index is 0.0501. The van der Waals surface area contributed by atoms with Crippen LogP contribution in [-0.4, -0.2) is 24.0 Å². The van der Waals surface area contributed by atoms with E-state index in [2.05, 4.69) is 15.6 Å². The van der Waals surface area contributed by atoms with Gasteiger partial charge in [-0.05, 0) is 25.1 Å². The largest absolute Gasteiger partial charge is 0.361 e. The summed E-state index contributed by atoms with van der Waals surface area (Å²) in [7, 11) is 0. The molecule has 0 aliphatic carbocycles. The number of aromatic nitrogens is 1. The number of nitrogens with one attached hydrogen (secondary N) is 2. The lowest BCUT2D eigenvalue weighted by Gasteiger charge is -2.02. The molecule has 1 aromatic carbocycles. The molecular formula is C12H14ClN3OS. The average molecular weight is 284 g/mol. The molecule has 0 aliphatic heterocycles. The Bertz CT molecular complexity index is 555. The maximum Gasteiger partial charge on any atom is 0.221 e. The van der Waals surface area contributed by atoms with E-state index in [4.69, 9.17) is 11.6 Å². The van der Waals surface area contributed by atoms with E-state index in [9.17, 15) is 4.79 Å². The Hall–Kier alpha value is -1.33. The number of nitrogens with zero attached hydrogens (tertiary/aromatic N) is 1. The first kappa shape index (κ1) is 13.1. The van der Waals surface area contributed by atoms with Gasteiger partial charge in [-0.1, -0.05) is 22.9 Å². The van der Waals surface area contributed by atoms with Crippen molar-refractivity contribution in [2.24, 2.45) is 0 Å². The van der Waals surface area contributed by atoms with Crippen LogP contribution in [0.2, 0.25) is 5.02 Å². The van der Waals surface area contributed by atoms with Gasteiger partial charge >= 0.3 is 0 Å². The number of amides is 1. The van der Waals surface area contributed by atoms with Crippen LogP contribution in [0.25, 0.3) is 10.2 Å². The molecule has 6 heteroatoms. The molecule has 4 nitrogen and oxygen atoms in total. The maximum atomic E-state index is 11.3. The molecule has 0 atom stereocenters. The Morgan fingerprint density at radius 3 is 3.11 bits per heavy atom. The number of hydrogen-bond donors (Lipinski definition) is 2. The van der Waals surface area contributed by atoms with Crippen LogP contribution in [0.15, 0.2) is 18.2 Å². The molecule has 0 bridgehead atoms. The molecular weight excluding hydrogens is 270 g/mol. The Morgan fingerprint density at radius 2 is 2.33 bits per heavy atom. The van der Waals surface area contributed by atoms with E-state index in [0.717, 1.165) is 15.3 Å². The zero-order valence-electron chi connectivity index (χ0n) is 10.00. The number of benzene rings is 1. The molecule has 1 aromatic heterocycles. The summed E-state index contributed by atoms with van der Waals surface area (Å²) in [6, 6.07) is 5.63. The van der Waals surface area contributed by atoms with Crippen molar-refractivity contribution in [3.8, 4) is 0 Å². The summed E-state index contributed by atoms with van der Waals surface area (Å²) in [4.78, 5) is 15.7. The Morgan fingerprint density at radius 1 is 1.50 bits per heavy atom. The summed E-state index contributed by atoms with van der Waals surface area (Å²) in [5.74, 6) is 0.0501. The van der Waals surface area contributed by atoms with Crippen LogP contribution in [0, 0.1) is 0 Å². The molecule has 2 N–H and O–H groups in total. The minimum atomic E-state index is 0.0501. The molecule has 96 valence electrons. The molecule has 1 heterocycles. The normalized spacial score (nSPS) is 10.6. The Labute approximate surface area is 114 Å². The van der Waals surface area contributed by atoms with Gasteiger partial charge in [-0.15, -0.1) is 0 Å². The molecule has 0 radical (unpaired) electrons. The lowest BCUT2D eigenvalue weighted by Crippen LogP contribution is -2.24. The van der Waals surface area contributed by atoms with Crippen LogP contribution in [-0.2, 0) is 4.79 Å². The molecule has 0 spiro atoms. The first-order valence-corrected chi connectivity index (χ1v) is 6.95. The Kier molecular flexibility index (Phi) is 4.38. The topological polar surface area (TPSA) is 54.0 Å². The van der Waals surface area contributed by atoms with Crippen LogP contribution < -0.4 is 10.6 Å². The predicted molar refractivity (Wildman–Crippen MR) is 76.4 cm³/mol. The molecule has 2 aromatic rings. The predicted octanol–water partition coefficient (Wildman–Crippen LogP) is 2.89. The zero-order valence-corrected chi connectivity index (χ0v) is 11.6. The summed E-state index contributed by atoms with van der Waals surface area (Å²) in [6.45, 7) is 3.15. The summed E-state index contributed by atoms with van der Waals surface area (Å²) in [6.07, 6.45) is 0.449. The number of thiazole rings is 1. The smallest absolute Gasteiger partial charge is 0.221 e. The van der Waals surface area contributed by atoms with Crippen molar-refractivity contribution in [3.05, 3.63) is 23.2 Å². The third kappa shape index (κ3) is 3.34. The van der Waals surface area contributed by atoms with Crippen molar-refractivity contribution in [1.82, 2.24) is 10.3 Å². The molecule has 18 heavy (non-hydrogen) atoms. The second-order valence-corrected chi connectivity index (χ2v) is 5.23. The Balaban J connectivity index is 1.94. The van der Waals surface area contributed by atoms with Crippen LogP contribution in [0.3, 0.4) is 0 Å². The number of carbonyl (C=O) groups excluding carboxylic acids is 1. The summed E-state index contributed by atoms with van der Waals surface area (Å²) < 4.78 is 1.08. The van der Waals surface area contributed by atoms with Gasteiger partial charge in [0.15, 0.2) is 5.13 Å². The first-order valence-electron chi connectivity index (χ1n) is 5.75. The quantitative estimate of drug-likeness (QED) is 0.887. The minimum Gasteiger partial charge on any atom is -0.361 e.